The minimum absolute atomic E-state index is 0.0714. The van der Waals surface area contributed by atoms with Crippen molar-refractivity contribution in [2.75, 3.05) is 13.2 Å². The van der Waals surface area contributed by atoms with Crippen molar-refractivity contribution in [3.05, 3.63) is 65.2 Å². The van der Waals surface area contributed by atoms with Gasteiger partial charge >= 0.3 is 6.09 Å². The smallest absolute Gasteiger partial charge is 0.408 e. The number of benzene rings is 2. The number of carbonyl (C=O) groups excluding carboxylic acids is 3. The molecule has 0 heterocycles. The molecule has 3 atom stereocenters. The maximum atomic E-state index is 14.2. The van der Waals surface area contributed by atoms with Crippen LogP contribution in [-0.2, 0) is 27.2 Å². The standard InChI is InChI=1S/C31H45N3O6/c1-7-9-21(3)32-28(37)27(24-14-10-22(8-2)11-15-24)34(18-19-35)29(38)26(33-30(39)40-31(4,5)6)20-23-12-16-25(36)17-13-23/h10-17,21,26-27,35-36H,7-9,18-20H2,1-6H3,(H,32,37)(H,33,39). The molecule has 40 heavy (non-hydrogen) atoms. The molecule has 0 aliphatic carbocycles. The molecule has 2 aromatic rings. The van der Waals surface area contributed by atoms with Gasteiger partial charge in [-0.3, -0.25) is 9.59 Å². The van der Waals surface area contributed by atoms with E-state index in [1.54, 1.807) is 32.9 Å². The molecule has 0 saturated heterocycles. The molecule has 9 nitrogen and oxygen atoms in total. The van der Waals surface area contributed by atoms with Gasteiger partial charge in [-0.05, 0) is 69.4 Å². The van der Waals surface area contributed by atoms with Crippen molar-refractivity contribution in [2.45, 2.75) is 91.0 Å². The second-order valence-electron chi connectivity index (χ2n) is 11.0. The van der Waals surface area contributed by atoms with Crippen LogP contribution in [0.4, 0.5) is 4.79 Å². The first-order valence-corrected chi connectivity index (χ1v) is 14.0. The third-order valence-electron chi connectivity index (χ3n) is 6.36. The number of alkyl carbamates (subject to hydrolysis) is 1. The van der Waals surface area contributed by atoms with Crippen LogP contribution in [0.15, 0.2) is 48.5 Å². The number of aliphatic hydroxyl groups is 1. The minimum Gasteiger partial charge on any atom is -0.508 e. The molecule has 0 bridgehead atoms. The summed E-state index contributed by atoms with van der Waals surface area (Å²) < 4.78 is 5.42. The van der Waals surface area contributed by atoms with Crippen molar-refractivity contribution in [2.24, 2.45) is 0 Å². The molecule has 2 rings (SSSR count). The van der Waals surface area contributed by atoms with Crippen LogP contribution in [0.3, 0.4) is 0 Å². The van der Waals surface area contributed by atoms with Gasteiger partial charge in [-0.15, -0.1) is 0 Å². The van der Waals surface area contributed by atoms with Crippen molar-refractivity contribution in [1.29, 1.82) is 0 Å². The zero-order chi connectivity index (χ0) is 29.9. The van der Waals surface area contributed by atoms with Crippen LogP contribution in [0.1, 0.15) is 77.1 Å². The minimum atomic E-state index is -1.11. The first kappa shape index (κ1) is 32.6. The van der Waals surface area contributed by atoms with E-state index in [1.807, 2.05) is 45.0 Å². The molecule has 0 radical (unpaired) electrons. The molecule has 0 aromatic heterocycles. The van der Waals surface area contributed by atoms with Gasteiger partial charge in [-0.25, -0.2) is 4.79 Å². The Hall–Kier alpha value is -3.59. The second-order valence-corrected chi connectivity index (χ2v) is 11.0. The SMILES string of the molecule is CCCC(C)NC(=O)C(c1ccc(CC)cc1)N(CCO)C(=O)C(Cc1ccc(O)cc1)NC(=O)OC(C)(C)C. The second kappa shape index (κ2) is 15.3. The lowest BCUT2D eigenvalue weighted by Gasteiger charge is -2.35. The quantitative estimate of drug-likeness (QED) is 0.292. The molecule has 0 spiro atoms. The lowest BCUT2D eigenvalue weighted by molar-refractivity contribution is -0.143. The number of aromatic hydroxyl groups is 1. The number of rotatable bonds is 13. The van der Waals surface area contributed by atoms with E-state index < -0.39 is 29.7 Å². The van der Waals surface area contributed by atoms with Gasteiger partial charge < -0.3 is 30.5 Å². The number of carbonyl (C=O) groups is 3. The molecular weight excluding hydrogens is 510 g/mol. The van der Waals surface area contributed by atoms with E-state index in [-0.39, 0.29) is 37.3 Å². The van der Waals surface area contributed by atoms with Crippen LogP contribution in [-0.4, -0.2) is 63.9 Å². The van der Waals surface area contributed by atoms with Crippen LogP contribution in [0, 0.1) is 0 Å². The fourth-order valence-electron chi connectivity index (χ4n) is 4.43. The summed E-state index contributed by atoms with van der Waals surface area (Å²) in [5, 5.41) is 25.4. The number of aryl methyl sites for hydroxylation is 1. The first-order chi connectivity index (χ1) is 18.9. The highest BCUT2D eigenvalue weighted by Gasteiger charge is 2.36. The van der Waals surface area contributed by atoms with Crippen molar-refractivity contribution in [1.82, 2.24) is 15.5 Å². The number of phenols is 1. The average Bonchev–Trinajstić information content (AvgIpc) is 2.88. The van der Waals surface area contributed by atoms with Gasteiger partial charge in [0.05, 0.1) is 6.61 Å². The Labute approximate surface area is 237 Å². The van der Waals surface area contributed by atoms with Gasteiger partial charge in [0.15, 0.2) is 0 Å². The van der Waals surface area contributed by atoms with Crippen LogP contribution in [0.25, 0.3) is 0 Å². The van der Waals surface area contributed by atoms with Gasteiger partial charge in [0.1, 0.15) is 23.4 Å². The number of ether oxygens (including phenoxy) is 1. The summed E-state index contributed by atoms with van der Waals surface area (Å²) in [7, 11) is 0. The average molecular weight is 556 g/mol. The van der Waals surface area contributed by atoms with E-state index in [0.717, 1.165) is 24.8 Å². The number of nitrogens with zero attached hydrogens (tertiary/aromatic N) is 1. The van der Waals surface area contributed by atoms with Gasteiger partial charge in [0.25, 0.3) is 0 Å². The number of aliphatic hydroxyl groups excluding tert-OH is 1. The maximum absolute atomic E-state index is 14.2. The van der Waals surface area contributed by atoms with E-state index in [9.17, 15) is 24.6 Å². The Morgan fingerprint density at radius 2 is 1.55 bits per heavy atom. The van der Waals surface area contributed by atoms with Crippen molar-refractivity contribution in [3.63, 3.8) is 0 Å². The Morgan fingerprint density at radius 1 is 0.950 bits per heavy atom. The topological polar surface area (TPSA) is 128 Å². The third kappa shape index (κ3) is 10.2. The molecule has 2 aromatic carbocycles. The molecule has 0 aliphatic rings. The highest BCUT2D eigenvalue weighted by molar-refractivity contribution is 5.92. The van der Waals surface area contributed by atoms with Crippen molar-refractivity contribution >= 4 is 17.9 Å². The Balaban J connectivity index is 2.52. The van der Waals surface area contributed by atoms with E-state index >= 15 is 0 Å². The van der Waals surface area contributed by atoms with Crippen LogP contribution < -0.4 is 10.6 Å². The third-order valence-corrected chi connectivity index (χ3v) is 6.36. The zero-order valence-corrected chi connectivity index (χ0v) is 24.6. The Kier molecular flexibility index (Phi) is 12.4. The fraction of sp³-hybridized carbons (Fsp3) is 0.516. The summed E-state index contributed by atoms with van der Waals surface area (Å²) in [4.78, 5) is 42.0. The first-order valence-electron chi connectivity index (χ1n) is 14.0. The van der Waals surface area contributed by atoms with E-state index in [1.165, 1.54) is 17.0 Å². The summed E-state index contributed by atoms with van der Waals surface area (Å²) in [5.74, 6) is -0.842. The van der Waals surface area contributed by atoms with E-state index in [0.29, 0.717) is 11.1 Å². The van der Waals surface area contributed by atoms with Crippen LogP contribution >= 0.6 is 0 Å². The predicted molar refractivity (Wildman–Crippen MR) is 155 cm³/mol. The highest BCUT2D eigenvalue weighted by Crippen LogP contribution is 2.25. The predicted octanol–water partition coefficient (Wildman–Crippen LogP) is 4.26. The molecule has 0 fully saturated rings. The Bertz CT molecular complexity index is 1100. The number of hydrogen-bond acceptors (Lipinski definition) is 6. The summed E-state index contributed by atoms with van der Waals surface area (Å²) in [6.45, 7) is 10.6. The molecule has 9 heteroatoms. The van der Waals surface area contributed by atoms with Gasteiger partial charge in [-0.1, -0.05) is 56.7 Å². The summed E-state index contributed by atoms with van der Waals surface area (Å²) >= 11 is 0. The molecule has 0 aliphatic heterocycles. The highest BCUT2D eigenvalue weighted by atomic mass is 16.6. The van der Waals surface area contributed by atoms with Crippen LogP contribution in [0.5, 0.6) is 5.75 Å². The summed E-state index contributed by atoms with van der Waals surface area (Å²) in [6.07, 6.45) is 1.77. The number of hydrogen-bond donors (Lipinski definition) is 4. The molecule has 3 unspecified atom stereocenters. The molecule has 220 valence electrons. The van der Waals surface area contributed by atoms with E-state index in [4.69, 9.17) is 4.74 Å². The summed E-state index contributed by atoms with van der Waals surface area (Å²) in [5.41, 5.74) is 1.57. The zero-order valence-electron chi connectivity index (χ0n) is 24.6. The number of amides is 3. The summed E-state index contributed by atoms with van der Waals surface area (Å²) in [6, 6.07) is 11.5. The van der Waals surface area contributed by atoms with Crippen molar-refractivity contribution < 1.29 is 29.3 Å². The maximum Gasteiger partial charge on any atom is 0.408 e. The number of nitrogens with one attached hydrogen (secondary N) is 2. The monoisotopic (exact) mass is 555 g/mol. The lowest BCUT2D eigenvalue weighted by atomic mass is 9.98. The van der Waals surface area contributed by atoms with E-state index in [2.05, 4.69) is 10.6 Å². The molecule has 4 N–H and O–H groups in total. The van der Waals surface area contributed by atoms with Gasteiger partial charge in [0.2, 0.25) is 11.8 Å². The largest absolute Gasteiger partial charge is 0.508 e. The van der Waals surface area contributed by atoms with Gasteiger partial charge in [-0.2, -0.15) is 0 Å². The molecular formula is C31H45N3O6. The molecule has 0 saturated carbocycles. The molecule has 3 amide bonds. The van der Waals surface area contributed by atoms with Crippen molar-refractivity contribution in [3.8, 4) is 5.75 Å². The van der Waals surface area contributed by atoms with Crippen LogP contribution in [0.2, 0.25) is 0 Å². The normalized spacial score (nSPS) is 13.6. The fourth-order valence-corrected chi connectivity index (χ4v) is 4.43. The lowest BCUT2D eigenvalue weighted by Crippen LogP contribution is -2.55. The number of phenolic OH excluding ortho intramolecular Hbond substituents is 1. The van der Waals surface area contributed by atoms with Gasteiger partial charge in [0, 0.05) is 19.0 Å². The Morgan fingerprint density at radius 3 is 2.08 bits per heavy atom.